The number of nitrogens with one attached hydrogen (secondary N) is 1. The molecule has 82 valence electrons. The Bertz CT molecular complexity index is 469. The zero-order valence-electron chi connectivity index (χ0n) is 9.07. The number of halogens is 1. The average molecular weight is 216 g/mol. The Balaban J connectivity index is 2.35. The molecule has 0 atom stereocenters. The van der Waals surface area contributed by atoms with Gasteiger partial charge in [-0.3, -0.25) is 4.98 Å². The van der Waals surface area contributed by atoms with Crippen LogP contribution in [0.4, 0.5) is 4.39 Å². The highest BCUT2D eigenvalue weighted by molar-refractivity contribution is 5.63. The minimum Gasteiger partial charge on any atom is -0.316 e. The first-order valence-corrected chi connectivity index (χ1v) is 5.14. The van der Waals surface area contributed by atoms with Crippen LogP contribution < -0.4 is 5.32 Å². The van der Waals surface area contributed by atoms with E-state index < -0.39 is 0 Å². The van der Waals surface area contributed by atoms with E-state index in [4.69, 9.17) is 0 Å². The number of hydrogen-bond donors (Lipinski definition) is 1. The molecular formula is C13H13FN2. The van der Waals surface area contributed by atoms with Crippen LogP contribution in [0.1, 0.15) is 5.56 Å². The number of rotatable bonds is 3. The van der Waals surface area contributed by atoms with Crippen molar-refractivity contribution in [3.8, 4) is 11.1 Å². The lowest BCUT2D eigenvalue weighted by Gasteiger charge is -2.05. The summed E-state index contributed by atoms with van der Waals surface area (Å²) in [5.41, 5.74) is 2.53. The van der Waals surface area contributed by atoms with Crippen molar-refractivity contribution in [1.82, 2.24) is 10.3 Å². The second-order valence-corrected chi connectivity index (χ2v) is 3.57. The van der Waals surface area contributed by atoms with Gasteiger partial charge in [0, 0.05) is 24.5 Å². The molecule has 1 aromatic heterocycles. The molecule has 2 aromatic rings. The molecule has 0 saturated heterocycles. The summed E-state index contributed by atoms with van der Waals surface area (Å²) in [5, 5.41) is 2.93. The summed E-state index contributed by atoms with van der Waals surface area (Å²) in [7, 11) is 1.80. The van der Waals surface area contributed by atoms with E-state index in [1.807, 2.05) is 24.3 Å². The Kier molecular flexibility index (Phi) is 3.27. The third kappa shape index (κ3) is 2.25. The predicted molar refractivity (Wildman–Crippen MR) is 62.4 cm³/mol. The zero-order chi connectivity index (χ0) is 11.4. The van der Waals surface area contributed by atoms with E-state index >= 15 is 0 Å². The van der Waals surface area contributed by atoms with Crippen molar-refractivity contribution >= 4 is 0 Å². The Hall–Kier alpha value is -1.74. The molecule has 0 aliphatic rings. The Morgan fingerprint density at radius 1 is 1.12 bits per heavy atom. The van der Waals surface area contributed by atoms with Gasteiger partial charge >= 0.3 is 0 Å². The summed E-state index contributed by atoms with van der Waals surface area (Å²) in [6.45, 7) is 0.544. The topological polar surface area (TPSA) is 24.9 Å². The molecule has 1 N–H and O–H groups in total. The van der Waals surface area contributed by atoms with Crippen molar-refractivity contribution in [2.45, 2.75) is 6.54 Å². The van der Waals surface area contributed by atoms with Crippen molar-refractivity contribution in [3.05, 3.63) is 54.1 Å². The lowest BCUT2D eigenvalue weighted by molar-refractivity contribution is 0.601. The van der Waals surface area contributed by atoms with Gasteiger partial charge in [0.2, 0.25) is 0 Å². The maximum absolute atomic E-state index is 13.7. The third-order valence-electron chi connectivity index (χ3n) is 2.43. The van der Waals surface area contributed by atoms with Crippen molar-refractivity contribution in [2.75, 3.05) is 7.05 Å². The van der Waals surface area contributed by atoms with Gasteiger partial charge in [-0.15, -0.1) is 0 Å². The molecule has 0 aliphatic carbocycles. The number of hydrogen-bond acceptors (Lipinski definition) is 2. The average Bonchev–Trinajstić information content (AvgIpc) is 2.33. The first-order valence-electron chi connectivity index (χ1n) is 5.14. The normalized spacial score (nSPS) is 10.4. The van der Waals surface area contributed by atoms with E-state index in [-0.39, 0.29) is 5.82 Å². The van der Waals surface area contributed by atoms with Gasteiger partial charge in [-0.2, -0.15) is 0 Å². The molecule has 0 aliphatic heterocycles. The van der Waals surface area contributed by atoms with Crippen molar-refractivity contribution < 1.29 is 4.39 Å². The Morgan fingerprint density at radius 3 is 2.50 bits per heavy atom. The molecule has 2 nitrogen and oxygen atoms in total. The molecule has 0 spiro atoms. The van der Waals surface area contributed by atoms with Crippen LogP contribution in [0.2, 0.25) is 0 Å². The van der Waals surface area contributed by atoms with Crippen LogP contribution in [0.15, 0.2) is 42.7 Å². The highest BCUT2D eigenvalue weighted by Gasteiger charge is 2.03. The fourth-order valence-corrected chi connectivity index (χ4v) is 1.61. The van der Waals surface area contributed by atoms with Gasteiger partial charge in [-0.25, -0.2) is 4.39 Å². The molecule has 1 aromatic carbocycles. The minimum atomic E-state index is -0.177. The molecule has 16 heavy (non-hydrogen) atoms. The summed E-state index contributed by atoms with van der Waals surface area (Å²) >= 11 is 0. The molecular weight excluding hydrogens is 203 g/mol. The smallest absolute Gasteiger partial charge is 0.128 e. The summed E-state index contributed by atoms with van der Waals surface area (Å²) in [6.07, 6.45) is 3.41. The van der Waals surface area contributed by atoms with E-state index in [0.29, 0.717) is 12.1 Å². The summed E-state index contributed by atoms with van der Waals surface area (Å²) in [5.74, 6) is -0.177. The van der Waals surface area contributed by atoms with Gasteiger partial charge in [-0.1, -0.05) is 12.1 Å². The van der Waals surface area contributed by atoms with E-state index in [2.05, 4.69) is 10.3 Å². The van der Waals surface area contributed by atoms with E-state index in [0.717, 1.165) is 11.1 Å². The zero-order valence-corrected chi connectivity index (χ0v) is 9.07. The second-order valence-electron chi connectivity index (χ2n) is 3.57. The molecule has 0 unspecified atom stereocenters. The second kappa shape index (κ2) is 4.86. The van der Waals surface area contributed by atoms with Gasteiger partial charge in [0.1, 0.15) is 5.82 Å². The summed E-state index contributed by atoms with van der Waals surface area (Å²) < 4.78 is 13.7. The summed E-state index contributed by atoms with van der Waals surface area (Å²) in [4.78, 5) is 3.94. The van der Waals surface area contributed by atoms with Gasteiger partial charge in [0.25, 0.3) is 0 Å². The maximum atomic E-state index is 13.7. The molecule has 3 heteroatoms. The van der Waals surface area contributed by atoms with Crippen LogP contribution in [0.5, 0.6) is 0 Å². The molecule has 0 radical (unpaired) electrons. The first kappa shape index (κ1) is 10.8. The van der Waals surface area contributed by atoms with Gasteiger partial charge in [-0.05, 0) is 36.4 Å². The number of pyridine rings is 1. The number of benzene rings is 1. The number of aromatic nitrogens is 1. The van der Waals surface area contributed by atoms with Gasteiger partial charge < -0.3 is 5.32 Å². The Labute approximate surface area is 94.2 Å². The molecule has 2 rings (SSSR count). The first-order chi connectivity index (χ1) is 7.81. The lowest BCUT2D eigenvalue weighted by Crippen LogP contribution is -2.06. The molecule has 0 saturated carbocycles. The minimum absolute atomic E-state index is 0.177. The van der Waals surface area contributed by atoms with Crippen molar-refractivity contribution in [1.29, 1.82) is 0 Å². The van der Waals surface area contributed by atoms with Gasteiger partial charge in [0.15, 0.2) is 0 Å². The summed E-state index contributed by atoms with van der Waals surface area (Å²) in [6, 6.07) is 9.02. The predicted octanol–water partition coefficient (Wildman–Crippen LogP) is 2.61. The van der Waals surface area contributed by atoms with Crippen molar-refractivity contribution in [2.24, 2.45) is 0 Å². The van der Waals surface area contributed by atoms with Crippen LogP contribution in [-0.2, 0) is 6.54 Å². The van der Waals surface area contributed by atoms with Crippen LogP contribution in [0.25, 0.3) is 11.1 Å². The molecule has 0 fully saturated rings. The largest absolute Gasteiger partial charge is 0.316 e. The molecule has 0 bridgehead atoms. The van der Waals surface area contributed by atoms with E-state index in [9.17, 15) is 4.39 Å². The molecule has 0 amide bonds. The third-order valence-corrected chi connectivity index (χ3v) is 2.43. The van der Waals surface area contributed by atoms with Crippen LogP contribution in [-0.4, -0.2) is 12.0 Å². The fraction of sp³-hybridized carbons (Fsp3) is 0.154. The monoisotopic (exact) mass is 216 g/mol. The van der Waals surface area contributed by atoms with Crippen LogP contribution in [0.3, 0.4) is 0 Å². The van der Waals surface area contributed by atoms with E-state index in [1.165, 1.54) is 0 Å². The lowest BCUT2D eigenvalue weighted by atomic mass is 10.0. The fourth-order valence-electron chi connectivity index (χ4n) is 1.61. The Morgan fingerprint density at radius 2 is 1.88 bits per heavy atom. The molecule has 1 heterocycles. The SMILES string of the molecule is CNCc1ccc(-c2ccncc2)cc1F. The highest BCUT2D eigenvalue weighted by Crippen LogP contribution is 2.21. The van der Waals surface area contributed by atoms with E-state index in [1.54, 1.807) is 25.5 Å². The maximum Gasteiger partial charge on any atom is 0.128 e. The van der Waals surface area contributed by atoms with Crippen LogP contribution in [0, 0.1) is 5.82 Å². The van der Waals surface area contributed by atoms with Crippen LogP contribution >= 0.6 is 0 Å². The number of nitrogens with zero attached hydrogens (tertiary/aromatic N) is 1. The van der Waals surface area contributed by atoms with Gasteiger partial charge in [0.05, 0.1) is 0 Å². The highest BCUT2D eigenvalue weighted by atomic mass is 19.1. The standard InChI is InChI=1S/C13H13FN2/c1-15-9-12-3-2-11(8-13(12)14)10-4-6-16-7-5-10/h2-8,15H,9H2,1H3. The van der Waals surface area contributed by atoms with Crippen molar-refractivity contribution in [3.63, 3.8) is 0 Å². The quantitative estimate of drug-likeness (QED) is 0.853.